The maximum Gasteiger partial charge on any atom is 0.345 e. The lowest BCUT2D eigenvalue weighted by Gasteiger charge is -2.20. The molecular formula is C25H23ClF3N5O3. The van der Waals surface area contributed by atoms with Gasteiger partial charge in [0.15, 0.2) is 5.82 Å². The first kappa shape index (κ1) is 26.4. The van der Waals surface area contributed by atoms with Crippen LogP contribution in [-0.4, -0.2) is 38.9 Å². The molecule has 0 spiro atoms. The summed E-state index contributed by atoms with van der Waals surface area (Å²) in [6.45, 7) is -0.569. The number of para-hydroxylation sites is 1. The van der Waals surface area contributed by atoms with Crippen molar-refractivity contribution in [2.75, 3.05) is 6.61 Å². The van der Waals surface area contributed by atoms with Gasteiger partial charge in [0.25, 0.3) is 0 Å². The minimum Gasteiger partial charge on any atom is -0.487 e. The number of aryl methyl sites for hydroxylation is 2. The van der Waals surface area contributed by atoms with Crippen LogP contribution in [0.4, 0.5) is 13.2 Å². The number of hydrogen-bond donors (Lipinski definition) is 1. The van der Waals surface area contributed by atoms with Gasteiger partial charge in [-0.3, -0.25) is 4.79 Å². The molecule has 0 radical (unpaired) electrons. The number of carbonyl (C=O) groups is 1. The van der Waals surface area contributed by atoms with Crippen LogP contribution in [0.25, 0.3) is 22.3 Å². The van der Waals surface area contributed by atoms with Gasteiger partial charge in [0.2, 0.25) is 5.91 Å². The highest BCUT2D eigenvalue weighted by Gasteiger charge is 2.20. The molecule has 0 unspecified atom stereocenters. The van der Waals surface area contributed by atoms with Gasteiger partial charge in [0, 0.05) is 29.3 Å². The number of halogens is 4. The number of amides is 1. The summed E-state index contributed by atoms with van der Waals surface area (Å²) in [5.41, 5.74) is 2.91. The number of alkyl halides is 2. The molecule has 4 rings (SSSR count). The predicted octanol–water partition coefficient (Wildman–Crippen LogP) is 5.13. The Balaban J connectivity index is 1.64. The van der Waals surface area contributed by atoms with Crippen LogP contribution in [0.1, 0.15) is 29.8 Å². The predicted molar refractivity (Wildman–Crippen MR) is 131 cm³/mol. The number of pyridine rings is 1. The lowest BCUT2D eigenvalue weighted by atomic mass is 10.0. The number of ether oxygens (including phenoxy) is 2. The van der Waals surface area contributed by atoms with Crippen molar-refractivity contribution >= 4 is 28.4 Å². The Kier molecular flexibility index (Phi) is 7.94. The monoisotopic (exact) mass is 533 g/mol. The third kappa shape index (κ3) is 6.00. The fraction of sp³-hybridized carbons (Fsp3) is 0.280. The number of nitrogens with one attached hydrogen (secondary N) is 1. The van der Waals surface area contributed by atoms with E-state index < -0.39 is 31.0 Å². The molecule has 2 aromatic carbocycles. The van der Waals surface area contributed by atoms with Crippen LogP contribution in [0.5, 0.6) is 5.75 Å². The van der Waals surface area contributed by atoms with Crippen molar-refractivity contribution in [2.24, 2.45) is 7.05 Å². The number of benzene rings is 2. The Morgan fingerprint density at radius 2 is 2.03 bits per heavy atom. The molecule has 37 heavy (non-hydrogen) atoms. The van der Waals surface area contributed by atoms with Gasteiger partial charge >= 0.3 is 6.61 Å². The zero-order valence-corrected chi connectivity index (χ0v) is 20.9. The maximum atomic E-state index is 14.2. The molecule has 0 saturated carbocycles. The van der Waals surface area contributed by atoms with E-state index in [0.29, 0.717) is 28.2 Å². The van der Waals surface area contributed by atoms with Crippen molar-refractivity contribution in [1.29, 1.82) is 0 Å². The Hall–Kier alpha value is -3.70. The highest BCUT2D eigenvalue weighted by atomic mass is 35.5. The summed E-state index contributed by atoms with van der Waals surface area (Å²) < 4.78 is 50.5. The molecule has 0 aliphatic carbocycles. The van der Waals surface area contributed by atoms with Crippen LogP contribution in [-0.2, 0) is 23.2 Å². The van der Waals surface area contributed by atoms with Gasteiger partial charge in [-0.05, 0) is 43.7 Å². The van der Waals surface area contributed by atoms with E-state index in [-0.39, 0.29) is 11.6 Å². The molecule has 2 aromatic heterocycles. The largest absolute Gasteiger partial charge is 0.487 e. The van der Waals surface area contributed by atoms with Gasteiger partial charge < -0.3 is 14.8 Å². The first-order valence-corrected chi connectivity index (χ1v) is 11.6. The number of hydrogen-bond acceptors (Lipinski definition) is 6. The molecule has 2 heterocycles. The molecule has 8 nitrogen and oxygen atoms in total. The second kappa shape index (κ2) is 11.1. The van der Waals surface area contributed by atoms with Crippen LogP contribution in [0.3, 0.4) is 0 Å². The van der Waals surface area contributed by atoms with Gasteiger partial charge in [-0.25, -0.2) is 19.0 Å². The van der Waals surface area contributed by atoms with E-state index in [1.54, 1.807) is 24.7 Å². The molecule has 0 saturated heterocycles. The van der Waals surface area contributed by atoms with Crippen LogP contribution in [0.15, 0.2) is 42.7 Å². The third-order valence-corrected chi connectivity index (χ3v) is 5.97. The molecule has 0 fully saturated rings. The molecule has 12 heteroatoms. The van der Waals surface area contributed by atoms with Gasteiger partial charge in [0.05, 0.1) is 11.1 Å². The molecule has 0 aliphatic rings. The number of fused-ring (bicyclic) bond motifs is 1. The summed E-state index contributed by atoms with van der Waals surface area (Å²) in [5.74, 6) is -0.288. The van der Waals surface area contributed by atoms with E-state index in [1.807, 2.05) is 25.1 Å². The highest BCUT2D eigenvalue weighted by molar-refractivity contribution is 6.31. The molecule has 0 aliphatic heterocycles. The van der Waals surface area contributed by atoms with Gasteiger partial charge in [0.1, 0.15) is 36.6 Å². The van der Waals surface area contributed by atoms with Crippen LogP contribution >= 0.6 is 11.6 Å². The van der Waals surface area contributed by atoms with Gasteiger partial charge in [-0.2, -0.15) is 13.9 Å². The van der Waals surface area contributed by atoms with E-state index in [9.17, 15) is 18.0 Å². The van der Waals surface area contributed by atoms with Crippen molar-refractivity contribution in [3.05, 3.63) is 70.4 Å². The van der Waals surface area contributed by atoms with E-state index in [0.717, 1.165) is 22.7 Å². The molecule has 194 valence electrons. The second-order valence-electron chi connectivity index (χ2n) is 8.28. The summed E-state index contributed by atoms with van der Waals surface area (Å²) >= 11 is 6.35. The molecular weight excluding hydrogens is 511 g/mol. The van der Waals surface area contributed by atoms with Crippen LogP contribution in [0.2, 0.25) is 5.02 Å². The third-order valence-electron chi connectivity index (χ3n) is 5.63. The Morgan fingerprint density at radius 1 is 1.24 bits per heavy atom. The van der Waals surface area contributed by atoms with Gasteiger partial charge in [-0.1, -0.05) is 23.7 Å². The minimum atomic E-state index is -3.08. The van der Waals surface area contributed by atoms with E-state index in [4.69, 9.17) is 16.3 Å². The van der Waals surface area contributed by atoms with E-state index in [1.165, 1.54) is 12.4 Å². The topological polar surface area (TPSA) is 91.2 Å². The Morgan fingerprint density at radius 3 is 2.73 bits per heavy atom. The van der Waals surface area contributed by atoms with Crippen molar-refractivity contribution < 1.29 is 27.4 Å². The van der Waals surface area contributed by atoms with Crippen LogP contribution in [0, 0.1) is 12.7 Å². The summed E-state index contributed by atoms with van der Waals surface area (Å²) in [7, 11) is 1.79. The maximum absolute atomic E-state index is 14.2. The normalized spacial score (nSPS) is 12.2. The quantitative estimate of drug-likeness (QED) is 0.321. The fourth-order valence-corrected chi connectivity index (χ4v) is 4.27. The number of rotatable bonds is 9. The van der Waals surface area contributed by atoms with E-state index in [2.05, 4.69) is 25.1 Å². The van der Waals surface area contributed by atoms with Crippen molar-refractivity contribution in [3.8, 4) is 17.1 Å². The fourth-order valence-electron chi connectivity index (χ4n) is 4.00. The Bertz CT molecular complexity index is 1450. The molecule has 4 aromatic rings. The lowest BCUT2D eigenvalue weighted by molar-refractivity contribution is -0.152. The van der Waals surface area contributed by atoms with Gasteiger partial charge in [-0.15, -0.1) is 0 Å². The number of carbonyl (C=O) groups excluding carboxylic acids is 1. The standard InChI is InChI=1S/C25H23ClF3N5O3/c1-13-7-18(24-30-12-31-34(24)3)16-5-4-6-21(23(16)32-13)36-10-19-17(8-15(27)9-20(19)26)14(2)33-22(35)11-37-25(28)29/h4-9,12,14,25H,10-11H2,1-3H3,(H,33,35)/t14-/m0/s1. The summed E-state index contributed by atoms with van der Waals surface area (Å²) in [6.07, 6.45) is 1.47. The van der Waals surface area contributed by atoms with Crippen molar-refractivity contribution in [1.82, 2.24) is 25.1 Å². The Labute approximate surface area is 215 Å². The molecule has 1 amide bonds. The lowest BCUT2D eigenvalue weighted by Crippen LogP contribution is -2.31. The minimum absolute atomic E-state index is 0.0732. The average Bonchev–Trinajstić information content (AvgIpc) is 3.27. The van der Waals surface area contributed by atoms with E-state index >= 15 is 0 Å². The zero-order valence-electron chi connectivity index (χ0n) is 20.1. The number of aromatic nitrogens is 4. The molecule has 1 atom stereocenters. The van der Waals surface area contributed by atoms with Crippen molar-refractivity contribution in [3.63, 3.8) is 0 Å². The second-order valence-corrected chi connectivity index (χ2v) is 8.68. The first-order valence-electron chi connectivity index (χ1n) is 11.2. The smallest absolute Gasteiger partial charge is 0.345 e. The zero-order chi connectivity index (χ0) is 26.7. The van der Waals surface area contributed by atoms with Crippen LogP contribution < -0.4 is 10.1 Å². The molecule has 0 bridgehead atoms. The van der Waals surface area contributed by atoms with Crippen molar-refractivity contribution in [2.45, 2.75) is 33.1 Å². The molecule has 1 N–H and O–H groups in total. The SMILES string of the molecule is Cc1cc(-c2ncnn2C)c2cccc(OCc3c(Cl)cc(F)cc3[C@H](C)NC(=O)COC(F)F)c2n1. The summed E-state index contributed by atoms with van der Waals surface area (Å²) in [4.78, 5) is 21.0. The summed E-state index contributed by atoms with van der Waals surface area (Å²) in [5, 5.41) is 7.53. The first-order chi connectivity index (χ1) is 17.6. The number of nitrogens with zero attached hydrogens (tertiary/aromatic N) is 4. The summed E-state index contributed by atoms with van der Waals surface area (Å²) in [6, 6.07) is 8.95. The highest BCUT2D eigenvalue weighted by Crippen LogP contribution is 2.34. The average molecular weight is 534 g/mol.